The topological polar surface area (TPSA) is 65.2 Å². The second kappa shape index (κ2) is 7.51. The van der Waals surface area contributed by atoms with E-state index in [-0.39, 0.29) is 24.4 Å². The van der Waals surface area contributed by atoms with Crippen molar-refractivity contribution >= 4 is 22.7 Å². The van der Waals surface area contributed by atoms with E-state index >= 15 is 0 Å². The zero-order valence-electron chi connectivity index (χ0n) is 14.2. The van der Waals surface area contributed by atoms with E-state index in [0.29, 0.717) is 6.54 Å². The molecule has 1 fully saturated rings. The van der Waals surface area contributed by atoms with Crippen molar-refractivity contribution in [3.8, 4) is 0 Å². The number of H-pyrrole nitrogens is 1. The van der Waals surface area contributed by atoms with Gasteiger partial charge >= 0.3 is 0 Å². The van der Waals surface area contributed by atoms with Gasteiger partial charge in [0.05, 0.1) is 6.54 Å². The third-order valence-electron chi connectivity index (χ3n) is 4.88. The van der Waals surface area contributed by atoms with Crippen molar-refractivity contribution in [1.82, 2.24) is 15.2 Å². The number of aromatic amines is 1. The maximum atomic E-state index is 12.2. The smallest absolute Gasteiger partial charge is 0.239 e. The van der Waals surface area contributed by atoms with Gasteiger partial charge in [-0.3, -0.25) is 9.59 Å². The van der Waals surface area contributed by atoms with Crippen molar-refractivity contribution < 1.29 is 9.59 Å². The van der Waals surface area contributed by atoms with Gasteiger partial charge in [-0.25, -0.2) is 0 Å². The van der Waals surface area contributed by atoms with E-state index in [9.17, 15) is 9.59 Å². The first-order valence-electron chi connectivity index (χ1n) is 8.74. The molecule has 2 N–H and O–H groups in total. The summed E-state index contributed by atoms with van der Waals surface area (Å²) in [6.07, 6.45) is 7.11. The van der Waals surface area contributed by atoms with Crippen LogP contribution in [0.1, 0.15) is 38.2 Å². The van der Waals surface area contributed by atoms with Crippen molar-refractivity contribution in [2.75, 3.05) is 13.1 Å². The number of nitrogens with zero attached hydrogens (tertiary/aromatic N) is 1. The SMILES string of the molecule is CC(=O)N(CC(=O)NCCc1c[nH]c2ccccc12)C1CCCC1. The molecular weight excluding hydrogens is 302 g/mol. The first-order valence-corrected chi connectivity index (χ1v) is 8.74. The molecule has 2 amide bonds. The van der Waals surface area contributed by atoms with Gasteiger partial charge in [0.25, 0.3) is 0 Å². The Bertz CT molecular complexity index is 716. The van der Waals surface area contributed by atoms with Crippen LogP contribution < -0.4 is 5.32 Å². The highest BCUT2D eigenvalue weighted by molar-refractivity contribution is 5.84. The second-order valence-corrected chi connectivity index (χ2v) is 6.54. The minimum absolute atomic E-state index is 0.00585. The molecule has 0 atom stereocenters. The van der Waals surface area contributed by atoms with Gasteiger partial charge in [0.2, 0.25) is 11.8 Å². The third-order valence-corrected chi connectivity index (χ3v) is 4.88. The van der Waals surface area contributed by atoms with Gasteiger partial charge in [-0.05, 0) is 30.9 Å². The number of fused-ring (bicyclic) bond motifs is 1. The Morgan fingerprint density at radius 2 is 2.00 bits per heavy atom. The van der Waals surface area contributed by atoms with Crippen LogP contribution in [-0.2, 0) is 16.0 Å². The van der Waals surface area contributed by atoms with Crippen LogP contribution in [0.4, 0.5) is 0 Å². The Hall–Kier alpha value is -2.30. The van der Waals surface area contributed by atoms with Gasteiger partial charge in [-0.15, -0.1) is 0 Å². The minimum Gasteiger partial charge on any atom is -0.361 e. The minimum atomic E-state index is -0.0723. The average molecular weight is 327 g/mol. The molecule has 1 aliphatic carbocycles. The lowest BCUT2D eigenvalue weighted by molar-refractivity contribution is -0.136. The van der Waals surface area contributed by atoms with Crippen molar-refractivity contribution in [2.24, 2.45) is 0 Å². The maximum absolute atomic E-state index is 12.2. The molecule has 2 aromatic rings. The molecule has 0 bridgehead atoms. The van der Waals surface area contributed by atoms with E-state index in [0.717, 1.165) is 37.6 Å². The zero-order chi connectivity index (χ0) is 16.9. The average Bonchev–Trinajstić information content (AvgIpc) is 3.22. The largest absolute Gasteiger partial charge is 0.361 e. The lowest BCUT2D eigenvalue weighted by Gasteiger charge is -2.27. The van der Waals surface area contributed by atoms with E-state index in [2.05, 4.69) is 16.4 Å². The number of para-hydroxylation sites is 1. The molecule has 1 heterocycles. The third kappa shape index (κ3) is 3.78. The van der Waals surface area contributed by atoms with Crippen molar-refractivity contribution in [2.45, 2.75) is 45.1 Å². The van der Waals surface area contributed by atoms with Crippen LogP contribution in [0.25, 0.3) is 10.9 Å². The Balaban J connectivity index is 1.50. The zero-order valence-corrected chi connectivity index (χ0v) is 14.2. The Morgan fingerprint density at radius 3 is 2.75 bits per heavy atom. The number of nitrogens with one attached hydrogen (secondary N) is 2. The van der Waals surface area contributed by atoms with E-state index in [1.165, 1.54) is 10.9 Å². The quantitative estimate of drug-likeness (QED) is 0.856. The summed E-state index contributed by atoms with van der Waals surface area (Å²) in [5.41, 5.74) is 2.31. The van der Waals surface area contributed by atoms with Gasteiger partial charge in [-0.2, -0.15) is 0 Å². The van der Waals surface area contributed by atoms with Crippen LogP contribution in [0.5, 0.6) is 0 Å². The summed E-state index contributed by atoms with van der Waals surface area (Å²) >= 11 is 0. The number of hydrogen-bond acceptors (Lipinski definition) is 2. The van der Waals surface area contributed by atoms with E-state index in [1.54, 1.807) is 11.8 Å². The highest BCUT2D eigenvalue weighted by Crippen LogP contribution is 2.23. The number of carbonyl (C=O) groups is 2. The number of carbonyl (C=O) groups excluding carboxylic acids is 2. The molecule has 0 aliphatic heterocycles. The Morgan fingerprint density at radius 1 is 1.25 bits per heavy atom. The summed E-state index contributed by atoms with van der Waals surface area (Å²) in [4.78, 5) is 29.0. The van der Waals surface area contributed by atoms with Gasteiger partial charge in [0.1, 0.15) is 0 Å². The molecule has 1 aromatic carbocycles. The molecule has 0 unspecified atom stereocenters. The van der Waals surface area contributed by atoms with Crippen LogP contribution in [0.3, 0.4) is 0 Å². The van der Waals surface area contributed by atoms with E-state index in [4.69, 9.17) is 0 Å². The summed E-state index contributed by atoms with van der Waals surface area (Å²) in [5.74, 6) is -0.0781. The van der Waals surface area contributed by atoms with Crippen LogP contribution in [-0.4, -0.2) is 40.8 Å². The monoisotopic (exact) mass is 327 g/mol. The van der Waals surface area contributed by atoms with Crippen LogP contribution in [0.15, 0.2) is 30.5 Å². The summed E-state index contributed by atoms with van der Waals surface area (Å²) in [6.45, 7) is 2.31. The highest BCUT2D eigenvalue weighted by Gasteiger charge is 2.26. The molecule has 128 valence electrons. The molecule has 3 rings (SSSR count). The first kappa shape index (κ1) is 16.6. The predicted octanol–water partition coefficient (Wildman–Crippen LogP) is 2.62. The van der Waals surface area contributed by atoms with Crippen LogP contribution in [0, 0.1) is 0 Å². The molecule has 24 heavy (non-hydrogen) atoms. The van der Waals surface area contributed by atoms with Gasteiger partial charge in [0, 0.05) is 36.6 Å². The summed E-state index contributed by atoms with van der Waals surface area (Å²) < 4.78 is 0. The molecule has 0 radical (unpaired) electrons. The Kier molecular flexibility index (Phi) is 5.18. The molecular formula is C19H25N3O2. The molecule has 5 nitrogen and oxygen atoms in total. The number of amides is 2. The van der Waals surface area contributed by atoms with Crippen molar-refractivity contribution in [3.05, 3.63) is 36.0 Å². The van der Waals surface area contributed by atoms with Crippen LogP contribution >= 0.6 is 0 Å². The number of benzene rings is 1. The lowest BCUT2D eigenvalue weighted by Crippen LogP contribution is -2.44. The maximum Gasteiger partial charge on any atom is 0.239 e. The van der Waals surface area contributed by atoms with E-state index < -0.39 is 0 Å². The van der Waals surface area contributed by atoms with Crippen molar-refractivity contribution in [3.63, 3.8) is 0 Å². The molecule has 0 spiro atoms. The number of rotatable bonds is 6. The van der Waals surface area contributed by atoms with Gasteiger partial charge in [-0.1, -0.05) is 31.0 Å². The standard InChI is InChI=1S/C19H25N3O2/c1-14(23)22(16-6-2-3-7-16)13-19(24)20-11-10-15-12-21-18-9-5-4-8-17(15)18/h4-5,8-9,12,16,21H,2-3,6-7,10-11,13H2,1H3,(H,20,24). The van der Waals surface area contributed by atoms with Gasteiger partial charge < -0.3 is 15.2 Å². The summed E-state index contributed by atoms with van der Waals surface area (Å²) in [6, 6.07) is 8.39. The lowest BCUT2D eigenvalue weighted by atomic mass is 10.1. The molecule has 1 aromatic heterocycles. The molecule has 5 heteroatoms. The summed E-state index contributed by atoms with van der Waals surface area (Å²) in [5, 5.41) is 4.15. The number of aromatic nitrogens is 1. The fourth-order valence-electron chi connectivity index (χ4n) is 3.60. The van der Waals surface area contributed by atoms with Gasteiger partial charge in [0.15, 0.2) is 0 Å². The second-order valence-electron chi connectivity index (χ2n) is 6.54. The Labute approximate surface area is 142 Å². The summed E-state index contributed by atoms with van der Waals surface area (Å²) in [7, 11) is 0. The highest BCUT2D eigenvalue weighted by atomic mass is 16.2. The normalized spacial score (nSPS) is 14.9. The fourth-order valence-corrected chi connectivity index (χ4v) is 3.60. The van der Waals surface area contributed by atoms with E-state index in [1.807, 2.05) is 24.4 Å². The van der Waals surface area contributed by atoms with Crippen molar-refractivity contribution in [1.29, 1.82) is 0 Å². The molecule has 1 aliphatic rings. The first-order chi connectivity index (χ1) is 11.6. The number of hydrogen-bond donors (Lipinski definition) is 2. The fraction of sp³-hybridized carbons (Fsp3) is 0.474. The van der Waals surface area contributed by atoms with Crippen LogP contribution in [0.2, 0.25) is 0 Å². The molecule has 0 saturated heterocycles. The predicted molar refractivity (Wildman–Crippen MR) is 94.7 cm³/mol. The molecule has 1 saturated carbocycles.